The van der Waals surface area contributed by atoms with E-state index in [4.69, 9.17) is 4.42 Å². The third-order valence-electron chi connectivity index (χ3n) is 5.40. The number of carboxylic acid groups (broad SMARTS) is 1. The number of hydrogen-bond donors (Lipinski definition) is 2. The minimum atomic E-state index is -3.99. The molecule has 0 aliphatic heterocycles. The van der Waals surface area contributed by atoms with Gasteiger partial charge in [0.1, 0.15) is 17.4 Å². The molecule has 152 valence electrons. The van der Waals surface area contributed by atoms with Gasteiger partial charge in [0.25, 0.3) is 0 Å². The number of sulfonamides is 1. The van der Waals surface area contributed by atoms with Crippen molar-refractivity contribution in [1.82, 2.24) is 4.72 Å². The number of carbonyl (C=O) groups is 1. The molecular formula is C22H23NO5S. The van der Waals surface area contributed by atoms with Crippen LogP contribution >= 0.6 is 0 Å². The van der Waals surface area contributed by atoms with Crippen molar-refractivity contribution in [2.75, 3.05) is 0 Å². The summed E-state index contributed by atoms with van der Waals surface area (Å²) in [5.41, 5.74) is 2.66. The number of benzene rings is 2. The number of nitrogens with one attached hydrogen (secondary N) is 1. The average Bonchev–Trinajstić information content (AvgIpc) is 3.09. The van der Waals surface area contributed by atoms with E-state index in [-0.39, 0.29) is 11.3 Å². The second kappa shape index (κ2) is 8.00. The first kappa shape index (κ1) is 19.7. The fraction of sp³-hybridized carbons (Fsp3) is 0.318. The van der Waals surface area contributed by atoms with E-state index in [1.54, 1.807) is 6.07 Å². The second-order valence-corrected chi connectivity index (χ2v) is 9.12. The van der Waals surface area contributed by atoms with Gasteiger partial charge in [-0.1, -0.05) is 30.3 Å². The van der Waals surface area contributed by atoms with E-state index in [2.05, 4.69) is 4.72 Å². The smallest absolute Gasteiger partial charge is 0.321 e. The van der Waals surface area contributed by atoms with Crippen LogP contribution in [0.25, 0.3) is 11.0 Å². The van der Waals surface area contributed by atoms with Crippen LogP contribution < -0.4 is 4.72 Å². The molecule has 0 saturated carbocycles. The Morgan fingerprint density at radius 2 is 1.86 bits per heavy atom. The first-order chi connectivity index (χ1) is 13.9. The summed E-state index contributed by atoms with van der Waals surface area (Å²) in [5.74, 6) is -0.265. The van der Waals surface area contributed by atoms with Crippen molar-refractivity contribution >= 4 is 27.0 Å². The number of furan rings is 1. The molecular weight excluding hydrogens is 390 g/mol. The van der Waals surface area contributed by atoms with Crippen LogP contribution in [-0.4, -0.2) is 25.5 Å². The van der Waals surface area contributed by atoms with Crippen LogP contribution in [0.3, 0.4) is 0 Å². The third-order valence-corrected chi connectivity index (χ3v) is 6.87. The fourth-order valence-corrected chi connectivity index (χ4v) is 5.09. The predicted octanol–water partition coefficient (Wildman–Crippen LogP) is 3.68. The zero-order chi connectivity index (χ0) is 20.4. The molecule has 1 atom stereocenters. The standard InChI is InChI=1S/C22H23NO5S/c24-22(25)19(13-10-15-6-2-1-3-7-15)23-29(26,27)16-11-12-18-17-8-4-5-9-20(17)28-21(18)14-16/h1-3,6-7,11-12,14,19,23H,4-5,8-10,13H2,(H,24,25). The Kier molecular flexibility index (Phi) is 5.43. The molecule has 0 spiro atoms. The van der Waals surface area contributed by atoms with Crippen molar-refractivity contribution in [3.63, 3.8) is 0 Å². The van der Waals surface area contributed by atoms with Gasteiger partial charge in [0.15, 0.2) is 0 Å². The van der Waals surface area contributed by atoms with Gasteiger partial charge in [-0.25, -0.2) is 8.42 Å². The molecule has 1 unspecified atom stereocenters. The summed E-state index contributed by atoms with van der Waals surface area (Å²) in [4.78, 5) is 11.6. The van der Waals surface area contributed by atoms with E-state index in [0.29, 0.717) is 12.0 Å². The molecule has 3 aromatic rings. The number of aliphatic carboxylic acids is 1. The summed E-state index contributed by atoms with van der Waals surface area (Å²) in [6, 6.07) is 13.0. The summed E-state index contributed by atoms with van der Waals surface area (Å²) in [5, 5.41) is 10.4. The Labute approximate surface area is 169 Å². The Morgan fingerprint density at radius 3 is 2.62 bits per heavy atom. The minimum absolute atomic E-state index is 0.0158. The Hall–Kier alpha value is -2.64. The van der Waals surface area contributed by atoms with Crippen molar-refractivity contribution in [2.24, 2.45) is 0 Å². The summed E-state index contributed by atoms with van der Waals surface area (Å²) >= 11 is 0. The average molecular weight is 413 g/mol. The van der Waals surface area contributed by atoms with Gasteiger partial charge in [-0.15, -0.1) is 0 Å². The van der Waals surface area contributed by atoms with Crippen molar-refractivity contribution in [1.29, 1.82) is 0 Å². The maximum atomic E-state index is 12.8. The quantitative estimate of drug-likeness (QED) is 0.616. The monoisotopic (exact) mass is 413 g/mol. The largest absolute Gasteiger partial charge is 0.480 e. The molecule has 0 saturated heterocycles. The van der Waals surface area contributed by atoms with Gasteiger partial charge >= 0.3 is 5.97 Å². The van der Waals surface area contributed by atoms with Crippen LogP contribution in [0.15, 0.2) is 57.8 Å². The van der Waals surface area contributed by atoms with Gasteiger partial charge < -0.3 is 9.52 Å². The van der Waals surface area contributed by atoms with E-state index in [0.717, 1.165) is 48.0 Å². The maximum absolute atomic E-state index is 12.8. The zero-order valence-electron chi connectivity index (χ0n) is 15.9. The van der Waals surface area contributed by atoms with E-state index in [1.165, 1.54) is 12.1 Å². The number of hydrogen-bond acceptors (Lipinski definition) is 4. The Balaban J connectivity index is 1.55. The molecule has 1 aliphatic carbocycles. The van der Waals surface area contributed by atoms with Crippen molar-refractivity contribution < 1.29 is 22.7 Å². The first-order valence-electron chi connectivity index (χ1n) is 9.77. The first-order valence-corrected chi connectivity index (χ1v) is 11.3. The lowest BCUT2D eigenvalue weighted by atomic mass is 9.96. The lowest BCUT2D eigenvalue weighted by Gasteiger charge is -2.15. The molecule has 1 aromatic heterocycles. The molecule has 6 nitrogen and oxygen atoms in total. The third kappa shape index (κ3) is 4.21. The number of aryl methyl sites for hydroxylation is 3. The van der Waals surface area contributed by atoms with Gasteiger partial charge in [-0.2, -0.15) is 4.72 Å². The van der Waals surface area contributed by atoms with Crippen LogP contribution in [-0.2, 0) is 34.1 Å². The summed E-state index contributed by atoms with van der Waals surface area (Å²) in [6.45, 7) is 0. The van der Waals surface area contributed by atoms with E-state index in [1.807, 2.05) is 30.3 Å². The molecule has 2 aromatic carbocycles. The van der Waals surface area contributed by atoms with Crippen LogP contribution in [0.2, 0.25) is 0 Å². The number of fused-ring (bicyclic) bond motifs is 3. The summed E-state index contributed by atoms with van der Waals surface area (Å²) in [7, 11) is -3.99. The normalized spacial score (nSPS) is 15.2. The second-order valence-electron chi connectivity index (χ2n) is 7.41. The highest BCUT2D eigenvalue weighted by molar-refractivity contribution is 7.89. The maximum Gasteiger partial charge on any atom is 0.321 e. The van der Waals surface area contributed by atoms with Gasteiger partial charge in [-0.05, 0) is 49.8 Å². The van der Waals surface area contributed by atoms with Crippen LogP contribution in [0.1, 0.15) is 36.1 Å². The summed E-state index contributed by atoms with van der Waals surface area (Å²) < 4.78 is 33.9. The molecule has 0 amide bonds. The Morgan fingerprint density at radius 1 is 1.10 bits per heavy atom. The van der Waals surface area contributed by atoms with Crippen LogP contribution in [0, 0.1) is 0 Å². The molecule has 29 heavy (non-hydrogen) atoms. The molecule has 4 rings (SSSR count). The van der Waals surface area contributed by atoms with E-state index >= 15 is 0 Å². The molecule has 1 aliphatic rings. The zero-order valence-corrected chi connectivity index (χ0v) is 16.7. The van der Waals surface area contributed by atoms with E-state index < -0.39 is 22.0 Å². The van der Waals surface area contributed by atoms with Crippen molar-refractivity contribution in [2.45, 2.75) is 49.5 Å². The fourth-order valence-electron chi connectivity index (χ4n) is 3.86. The molecule has 0 fully saturated rings. The molecule has 1 heterocycles. The predicted molar refractivity (Wildman–Crippen MR) is 109 cm³/mol. The summed E-state index contributed by atoms with van der Waals surface area (Å²) in [6.07, 6.45) is 4.60. The SMILES string of the molecule is O=C(O)C(CCc1ccccc1)NS(=O)(=O)c1ccc2c3c(oc2c1)CCCC3. The molecule has 0 bridgehead atoms. The van der Waals surface area contributed by atoms with Crippen LogP contribution in [0.5, 0.6) is 0 Å². The van der Waals surface area contributed by atoms with Gasteiger partial charge in [0, 0.05) is 23.4 Å². The van der Waals surface area contributed by atoms with Gasteiger partial charge in [0.05, 0.1) is 4.90 Å². The minimum Gasteiger partial charge on any atom is -0.480 e. The van der Waals surface area contributed by atoms with Crippen molar-refractivity contribution in [3.8, 4) is 0 Å². The lowest BCUT2D eigenvalue weighted by molar-refractivity contribution is -0.139. The van der Waals surface area contributed by atoms with Crippen molar-refractivity contribution in [3.05, 3.63) is 65.4 Å². The molecule has 2 N–H and O–H groups in total. The highest BCUT2D eigenvalue weighted by Crippen LogP contribution is 2.33. The lowest BCUT2D eigenvalue weighted by Crippen LogP contribution is -2.41. The van der Waals surface area contributed by atoms with Gasteiger partial charge in [0.2, 0.25) is 10.0 Å². The number of carboxylic acids is 1. The highest BCUT2D eigenvalue weighted by Gasteiger charge is 2.26. The number of rotatable bonds is 7. The topological polar surface area (TPSA) is 96.6 Å². The van der Waals surface area contributed by atoms with Gasteiger partial charge in [-0.3, -0.25) is 4.79 Å². The van der Waals surface area contributed by atoms with E-state index in [9.17, 15) is 18.3 Å². The Bertz CT molecular complexity index is 1130. The molecule has 0 radical (unpaired) electrons. The van der Waals surface area contributed by atoms with Crippen LogP contribution in [0.4, 0.5) is 0 Å². The highest BCUT2D eigenvalue weighted by atomic mass is 32.2. The molecule has 7 heteroatoms.